The van der Waals surface area contributed by atoms with E-state index in [4.69, 9.17) is 21.1 Å². The van der Waals surface area contributed by atoms with Crippen molar-refractivity contribution in [2.45, 2.75) is 6.29 Å². The third kappa shape index (κ3) is 2.97. The number of ether oxygens (including phenoxy) is 2. The van der Waals surface area contributed by atoms with Gasteiger partial charge in [0, 0.05) is 16.1 Å². The van der Waals surface area contributed by atoms with Crippen molar-refractivity contribution in [3.8, 4) is 0 Å². The fourth-order valence-electron chi connectivity index (χ4n) is 2.21. The van der Waals surface area contributed by atoms with E-state index in [1.807, 2.05) is 6.07 Å². The molecule has 1 saturated heterocycles. The molecule has 1 fully saturated rings. The van der Waals surface area contributed by atoms with Crippen molar-refractivity contribution in [3.63, 3.8) is 0 Å². The maximum Gasteiger partial charge on any atom is 0.195 e. The Morgan fingerprint density at radius 1 is 1.14 bits per heavy atom. The first-order valence-corrected chi connectivity index (χ1v) is 6.86. The van der Waals surface area contributed by atoms with Crippen LogP contribution in [0.15, 0.2) is 42.5 Å². The largest absolute Gasteiger partial charge is 0.346 e. The summed E-state index contributed by atoms with van der Waals surface area (Å²) in [7, 11) is 0. The number of ketones is 1. The monoisotopic (exact) mass is 306 g/mol. The highest BCUT2D eigenvalue weighted by Crippen LogP contribution is 2.25. The minimum absolute atomic E-state index is 0.00944. The molecule has 0 unspecified atom stereocenters. The molecule has 2 aromatic rings. The number of halogens is 2. The number of carbonyl (C=O) groups is 1. The summed E-state index contributed by atoms with van der Waals surface area (Å²) in [6.07, 6.45) is -0.465. The minimum atomic E-state index is -0.633. The van der Waals surface area contributed by atoms with Gasteiger partial charge in [-0.1, -0.05) is 29.8 Å². The van der Waals surface area contributed by atoms with Crippen LogP contribution in [0, 0.1) is 5.82 Å². The highest BCUT2D eigenvalue weighted by molar-refractivity contribution is 6.30. The van der Waals surface area contributed by atoms with Crippen molar-refractivity contribution in [1.82, 2.24) is 0 Å². The van der Waals surface area contributed by atoms with Gasteiger partial charge in [0.05, 0.1) is 18.8 Å². The van der Waals surface area contributed by atoms with Crippen LogP contribution in [0.1, 0.15) is 27.8 Å². The van der Waals surface area contributed by atoms with Crippen molar-refractivity contribution in [2.24, 2.45) is 0 Å². The van der Waals surface area contributed by atoms with E-state index in [9.17, 15) is 9.18 Å². The zero-order valence-electron chi connectivity index (χ0n) is 11.0. The average Bonchev–Trinajstić information content (AvgIpc) is 3.01. The molecule has 0 aliphatic carbocycles. The lowest BCUT2D eigenvalue weighted by molar-refractivity contribution is -0.0441. The Kier molecular flexibility index (Phi) is 4.01. The maximum atomic E-state index is 13.8. The topological polar surface area (TPSA) is 35.5 Å². The molecule has 5 heteroatoms. The Morgan fingerprint density at radius 2 is 1.90 bits per heavy atom. The number of hydrogen-bond donors (Lipinski definition) is 0. The second kappa shape index (κ2) is 5.93. The molecule has 0 radical (unpaired) electrons. The minimum Gasteiger partial charge on any atom is -0.346 e. The molecule has 0 aromatic heterocycles. The fraction of sp³-hybridized carbons (Fsp3) is 0.188. The molecular weight excluding hydrogens is 295 g/mol. The second-order valence-electron chi connectivity index (χ2n) is 4.65. The molecule has 0 saturated carbocycles. The van der Waals surface area contributed by atoms with Gasteiger partial charge in [-0.2, -0.15) is 0 Å². The van der Waals surface area contributed by atoms with Gasteiger partial charge >= 0.3 is 0 Å². The average molecular weight is 307 g/mol. The van der Waals surface area contributed by atoms with E-state index < -0.39 is 17.9 Å². The SMILES string of the molecule is O=C(c1cccc(C2OCCO2)c1)c1ccc(Cl)cc1F. The highest BCUT2D eigenvalue weighted by atomic mass is 35.5. The summed E-state index contributed by atoms with van der Waals surface area (Å²) < 4.78 is 24.6. The van der Waals surface area contributed by atoms with Crippen LogP contribution in [0.4, 0.5) is 4.39 Å². The Balaban J connectivity index is 1.92. The van der Waals surface area contributed by atoms with Crippen LogP contribution >= 0.6 is 11.6 Å². The van der Waals surface area contributed by atoms with E-state index >= 15 is 0 Å². The Bertz CT molecular complexity index is 681. The van der Waals surface area contributed by atoms with Gasteiger partial charge in [0.1, 0.15) is 5.82 Å². The predicted octanol–water partition coefficient (Wildman–Crippen LogP) is 3.76. The lowest BCUT2D eigenvalue weighted by Gasteiger charge is -2.10. The molecule has 1 aliphatic heterocycles. The van der Waals surface area contributed by atoms with Gasteiger partial charge in [-0.25, -0.2) is 4.39 Å². The Hall–Kier alpha value is -1.75. The van der Waals surface area contributed by atoms with Gasteiger partial charge in [-0.3, -0.25) is 4.79 Å². The van der Waals surface area contributed by atoms with Crippen LogP contribution in [0.2, 0.25) is 5.02 Å². The number of benzene rings is 2. The quantitative estimate of drug-likeness (QED) is 0.810. The zero-order chi connectivity index (χ0) is 14.8. The lowest BCUT2D eigenvalue weighted by atomic mass is 10.0. The van der Waals surface area contributed by atoms with Gasteiger partial charge in [0.15, 0.2) is 12.1 Å². The van der Waals surface area contributed by atoms with Gasteiger partial charge in [-0.05, 0) is 24.3 Å². The van der Waals surface area contributed by atoms with Crippen LogP contribution in [-0.4, -0.2) is 19.0 Å². The van der Waals surface area contributed by atoms with E-state index in [1.54, 1.807) is 18.2 Å². The van der Waals surface area contributed by atoms with Gasteiger partial charge in [0.2, 0.25) is 0 Å². The van der Waals surface area contributed by atoms with Crippen molar-refractivity contribution >= 4 is 17.4 Å². The summed E-state index contributed by atoms with van der Waals surface area (Å²) in [6.45, 7) is 1.04. The summed E-state index contributed by atoms with van der Waals surface area (Å²) in [5.41, 5.74) is 1.12. The van der Waals surface area contributed by atoms with Crippen molar-refractivity contribution in [2.75, 3.05) is 13.2 Å². The summed E-state index contributed by atoms with van der Waals surface area (Å²) >= 11 is 5.69. The molecule has 0 amide bonds. The molecule has 2 aromatic carbocycles. The Morgan fingerprint density at radius 3 is 2.62 bits per heavy atom. The van der Waals surface area contributed by atoms with Crippen LogP contribution < -0.4 is 0 Å². The molecule has 0 bridgehead atoms. The van der Waals surface area contributed by atoms with E-state index in [2.05, 4.69) is 0 Å². The van der Waals surface area contributed by atoms with Crippen molar-refractivity contribution < 1.29 is 18.7 Å². The molecular formula is C16H12ClFO3. The summed E-state index contributed by atoms with van der Waals surface area (Å²) in [4.78, 5) is 12.4. The van der Waals surface area contributed by atoms with Crippen LogP contribution in [0.3, 0.4) is 0 Å². The van der Waals surface area contributed by atoms with E-state index in [1.165, 1.54) is 12.1 Å². The van der Waals surface area contributed by atoms with Crippen molar-refractivity contribution in [3.05, 3.63) is 70.0 Å². The smallest absolute Gasteiger partial charge is 0.195 e. The molecule has 3 rings (SSSR count). The predicted molar refractivity (Wildman–Crippen MR) is 75.9 cm³/mol. The zero-order valence-corrected chi connectivity index (χ0v) is 11.8. The van der Waals surface area contributed by atoms with E-state index in [0.29, 0.717) is 18.8 Å². The standard InChI is InChI=1S/C16H12ClFO3/c17-12-4-5-13(14(18)9-12)15(19)10-2-1-3-11(8-10)16-20-6-7-21-16/h1-5,8-9,16H,6-7H2. The summed E-state index contributed by atoms with van der Waals surface area (Å²) in [5, 5.41) is 0.255. The molecule has 0 atom stereocenters. The van der Waals surface area contributed by atoms with Gasteiger partial charge < -0.3 is 9.47 Å². The molecule has 0 N–H and O–H groups in total. The molecule has 1 heterocycles. The number of rotatable bonds is 3. The number of hydrogen-bond acceptors (Lipinski definition) is 3. The first-order chi connectivity index (χ1) is 10.1. The van der Waals surface area contributed by atoms with Gasteiger partial charge in [-0.15, -0.1) is 0 Å². The van der Waals surface area contributed by atoms with Crippen LogP contribution in [-0.2, 0) is 9.47 Å². The third-order valence-corrected chi connectivity index (χ3v) is 3.45. The van der Waals surface area contributed by atoms with E-state index in [0.717, 1.165) is 11.6 Å². The van der Waals surface area contributed by atoms with Crippen molar-refractivity contribution in [1.29, 1.82) is 0 Å². The molecule has 1 aliphatic rings. The fourth-order valence-corrected chi connectivity index (χ4v) is 2.37. The van der Waals surface area contributed by atoms with Crippen LogP contribution in [0.25, 0.3) is 0 Å². The van der Waals surface area contributed by atoms with Crippen LogP contribution in [0.5, 0.6) is 0 Å². The van der Waals surface area contributed by atoms with E-state index in [-0.39, 0.29) is 10.6 Å². The van der Waals surface area contributed by atoms with Gasteiger partial charge in [0.25, 0.3) is 0 Å². The molecule has 21 heavy (non-hydrogen) atoms. The summed E-state index contributed by atoms with van der Waals surface area (Å²) in [5.74, 6) is -1.03. The second-order valence-corrected chi connectivity index (χ2v) is 5.09. The lowest BCUT2D eigenvalue weighted by Crippen LogP contribution is -2.06. The highest BCUT2D eigenvalue weighted by Gasteiger charge is 2.20. The first kappa shape index (κ1) is 14.2. The molecule has 108 valence electrons. The molecule has 0 spiro atoms. The Labute approximate surface area is 126 Å². The first-order valence-electron chi connectivity index (χ1n) is 6.48. The molecule has 3 nitrogen and oxygen atoms in total. The maximum absolute atomic E-state index is 13.8. The number of carbonyl (C=O) groups excluding carboxylic acids is 1. The normalized spacial score (nSPS) is 15.3. The third-order valence-electron chi connectivity index (χ3n) is 3.22. The summed E-state index contributed by atoms with van der Waals surface area (Å²) in [6, 6.07) is 10.8.